The fraction of sp³-hybridized carbons (Fsp3) is 0.571. The van der Waals surface area contributed by atoms with Gasteiger partial charge in [0.25, 0.3) is 11.6 Å². The van der Waals surface area contributed by atoms with E-state index < -0.39 is 11.6 Å². The van der Waals surface area contributed by atoms with Crippen molar-refractivity contribution in [3.63, 3.8) is 0 Å². The molecular weight excluding hydrogens is 589 g/mol. The Morgan fingerprint density at radius 1 is 0.471 bits per heavy atom. The van der Waals surface area contributed by atoms with E-state index in [4.69, 9.17) is 70.7 Å². The van der Waals surface area contributed by atoms with Crippen LogP contribution in [0.5, 0.6) is 0 Å². The van der Waals surface area contributed by atoms with E-state index in [1.54, 1.807) is 9.80 Å². The van der Waals surface area contributed by atoms with Gasteiger partial charge in [-0.1, -0.05) is 0 Å². The van der Waals surface area contributed by atoms with Crippen LogP contribution < -0.4 is 0 Å². The zero-order chi connectivity index (χ0) is 26.1. The Morgan fingerprint density at radius 2 is 0.647 bits per heavy atom. The standard InChI is InChI=1S/C14H18Cl6N8O6/c15-23(7-29)13(24(16)8-30,25(17)9-31)5-21-1-2-22(4-3-21)6-14(26(18)10-32,27(19)11-33)28(20)12-34/h7-12H,1-6H2. The number of nitrogens with zero attached hydrogens (tertiary/aromatic N) is 8. The summed E-state index contributed by atoms with van der Waals surface area (Å²) in [6.07, 6.45) is 0.675. The molecular formula is C14H18Cl6N8O6. The first-order valence-corrected chi connectivity index (χ1v) is 11.0. The highest BCUT2D eigenvalue weighted by Gasteiger charge is 2.51. The summed E-state index contributed by atoms with van der Waals surface area (Å²) in [6, 6.07) is 0. The fourth-order valence-electron chi connectivity index (χ4n) is 3.16. The molecule has 0 aromatic rings. The van der Waals surface area contributed by atoms with E-state index in [1.807, 2.05) is 0 Å². The Labute approximate surface area is 224 Å². The molecule has 1 aliphatic heterocycles. The summed E-state index contributed by atoms with van der Waals surface area (Å²) in [4.78, 5) is 71.4. The first kappa shape index (κ1) is 30.5. The molecule has 0 spiro atoms. The van der Waals surface area contributed by atoms with Crippen LogP contribution in [0.4, 0.5) is 0 Å². The molecule has 20 heteroatoms. The molecule has 1 aliphatic rings. The largest absolute Gasteiger partial charge is 0.295 e. The quantitative estimate of drug-likeness (QED) is 0.132. The zero-order valence-electron chi connectivity index (χ0n) is 17.0. The van der Waals surface area contributed by atoms with E-state index in [9.17, 15) is 28.8 Å². The summed E-state index contributed by atoms with van der Waals surface area (Å²) in [5.74, 6) is -4.19. The molecule has 1 heterocycles. The number of hydrogen-bond acceptors (Lipinski definition) is 8. The van der Waals surface area contributed by atoms with Gasteiger partial charge < -0.3 is 0 Å². The molecule has 0 unspecified atom stereocenters. The molecule has 14 nitrogen and oxygen atoms in total. The Bertz CT molecular complexity index is 617. The molecule has 6 amide bonds. The van der Waals surface area contributed by atoms with E-state index >= 15 is 0 Å². The summed E-state index contributed by atoms with van der Waals surface area (Å²) in [5.41, 5.74) is 0. The second kappa shape index (κ2) is 13.5. The average Bonchev–Trinajstić information content (AvgIpc) is 2.88. The van der Waals surface area contributed by atoms with Gasteiger partial charge >= 0.3 is 0 Å². The highest BCUT2D eigenvalue weighted by Crippen LogP contribution is 2.32. The van der Waals surface area contributed by atoms with Crippen LogP contribution in [-0.4, -0.2) is 126 Å². The summed E-state index contributed by atoms with van der Waals surface area (Å²) in [6.45, 7) is 0.214. The number of halogens is 6. The predicted octanol–water partition coefficient (Wildman–Crippen LogP) is -0.415. The number of carbonyl (C=O) groups excluding carboxylic acids is 6. The van der Waals surface area contributed by atoms with Gasteiger partial charge in [-0.25, -0.2) is 26.5 Å². The molecule has 0 aliphatic carbocycles. The van der Waals surface area contributed by atoms with E-state index in [-0.39, 0.29) is 77.7 Å². The molecule has 0 aromatic carbocycles. The highest BCUT2D eigenvalue weighted by atomic mass is 35.5. The van der Waals surface area contributed by atoms with Crippen LogP contribution >= 0.6 is 70.7 Å². The maximum Gasteiger partial charge on any atom is 0.253 e. The maximum absolute atomic E-state index is 11.3. The molecule has 0 radical (unpaired) electrons. The number of hydrogen-bond donors (Lipinski definition) is 0. The van der Waals surface area contributed by atoms with Crippen LogP contribution in [0.3, 0.4) is 0 Å². The third-order valence-corrected chi connectivity index (χ3v) is 7.05. The Hall–Kier alpha value is -1.52. The van der Waals surface area contributed by atoms with Gasteiger partial charge in [-0.05, 0) is 0 Å². The summed E-state index contributed by atoms with van der Waals surface area (Å²) >= 11 is 35.5. The smallest absolute Gasteiger partial charge is 0.253 e. The Morgan fingerprint density at radius 3 is 0.794 bits per heavy atom. The SMILES string of the molecule is O=CN(Cl)C(CN1CCN(CC(N(Cl)C=O)(N(Cl)C=O)N(Cl)C=O)CC1)(N(Cl)C=O)N(Cl)C=O. The molecule has 34 heavy (non-hydrogen) atoms. The van der Waals surface area contributed by atoms with Crippen molar-refractivity contribution in [2.75, 3.05) is 39.3 Å². The van der Waals surface area contributed by atoms with Crippen LogP contribution in [0.25, 0.3) is 0 Å². The molecule has 0 bridgehead atoms. The van der Waals surface area contributed by atoms with Crippen molar-refractivity contribution < 1.29 is 28.8 Å². The first-order valence-electron chi connectivity index (χ1n) is 8.92. The van der Waals surface area contributed by atoms with Crippen molar-refractivity contribution in [1.82, 2.24) is 36.3 Å². The maximum atomic E-state index is 11.3. The average molecular weight is 607 g/mol. The zero-order valence-corrected chi connectivity index (χ0v) is 21.5. The van der Waals surface area contributed by atoms with Gasteiger partial charge in [0.15, 0.2) is 0 Å². The van der Waals surface area contributed by atoms with E-state index in [0.29, 0.717) is 26.5 Å². The minimum absolute atomic E-state index is 0.112. The molecule has 0 aromatic heterocycles. The van der Waals surface area contributed by atoms with Crippen LogP contribution in [0, 0.1) is 0 Å². The van der Waals surface area contributed by atoms with Crippen LogP contribution in [-0.2, 0) is 28.8 Å². The van der Waals surface area contributed by atoms with E-state index in [0.717, 1.165) is 0 Å². The van der Waals surface area contributed by atoms with Gasteiger partial charge in [0.05, 0.1) is 13.1 Å². The lowest BCUT2D eigenvalue weighted by Crippen LogP contribution is -2.70. The van der Waals surface area contributed by atoms with Crippen molar-refractivity contribution in [3.05, 3.63) is 0 Å². The Kier molecular flexibility index (Phi) is 12.1. The van der Waals surface area contributed by atoms with Crippen molar-refractivity contribution in [3.8, 4) is 0 Å². The second-order valence-corrected chi connectivity index (χ2v) is 8.79. The van der Waals surface area contributed by atoms with Gasteiger partial charge in [0, 0.05) is 96.8 Å². The number of rotatable bonds is 16. The first-order chi connectivity index (χ1) is 16.0. The molecule has 0 saturated carbocycles. The minimum Gasteiger partial charge on any atom is -0.295 e. The van der Waals surface area contributed by atoms with Gasteiger partial charge in [-0.15, -0.1) is 0 Å². The lowest BCUT2D eigenvalue weighted by molar-refractivity contribution is -0.151. The molecule has 1 saturated heterocycles. The van der Waals surface area contributed by atoms with Gasteiger partial charge in [0.2, 0.25) is 38.5 Å². The van der Waals surface area contributed by atoms with Crippen LogP contribution in [0.1, 0.15) is 0 Å². The number of piperazine rings is 1. The van der Waals surface area contributed by atoms with Crippen molar-refractivity contribution >= 4 is 109 Å². The summed E-state index contributed by atoms with van der Waals surface area (Å²) < 4.78 is 2.55. The second-order valence-electron chi connectivity index (χ2n) is 6.60. The van der Waals surface area contributed by atoms with E-state index in [2.05, 4.69) is 0 Å². The topological polar surface area (TPSA) is 128 Å². The molecule has 1 rings (SSSR count). The monoisotopic (exact) mass is 604 g/mol. The minimum atomic E-state index is -2.10. The van der Waals surface area contributed by atoms with Crippen LogP contribution in [0.2, 0.25) is 0 Å². The molecule has 0 atom stereocenters. The van der Waals surface area contributed by atoms with Crippen LogP contribution in [0.15, 0.2) is 0 Å². The third-order valence-electron chi connectivity index (χ3n) is 4.94. The lowest BCUT2D eigenvalue weighted by atomic mass is 10.2. The van der Waals surface area contributed by atoms with Gasteiger partial charge in [-0.3, -0.25) is 38.6 Å². The van der Waals surface area contributed by atoms with Crippen molar-refractivity contribution in [2.45, 2.75) is 11.6 Å². The van der Waals surface area contributed by atoms with Gasteiger partial charge in [-0.2, -0.15) is 0 Å². The third kappa shape index (κ3) is 5.99. The predicted molar refractivity (Wildman–Crippen MR) is 121 cm³/mol. The number of carbonyl (C=O) groups is 6. The Balaban J connectivity index is 3.14. The van der Waals surface area contributed by atoms with Crippen molar-refractivity contribution in [2.24, 2.45) is 0 Å². The summed E-state index contributed by atoms with van der Waals surface area (Å²) in [5, 5.41) is 0. The van der Waals surface area contributed by atoms with Crippen molar-refractivity contribution in [1.29, 1.82) is 0 Å². The molecule has 192 valence electrons. The fourth-order valence-corrected chi connectivity index (χ4v) is 4.70. The molecule has 0 N–H and O–H groups in total. The lowest BCUT2D eigenvalue weighted by Gasteiger charge is -2.49. The highest BCUT2D eigenvalue weighted by molar-refractivity contribution is 6.25. The van der Waals surface area contributed by atoms with E-state index in [1.165, 1.54) is 0 Å². The van der Waals surface area contributed by atoms with Gasteiger partial charge in [0.1, 0.15) is 0 Å². The number of amides is 6. The normalized spacial score (nSPS) is 15.0. The molecule has 1 fully saturated rings. The summed E-state index contributed by atoms with van der Waals surface area (Å²) in [7, 11) is 0.